The zero-order valence-corrected chi connectivity index (χ0v) is 9.75. The van der Waals surface area contributed by atoms with Gasteiger partial charge in [-0.25, -0.2) is 0 Å². The Balaban J connectivity index is 2.60. The van der Waals surface area contributed by atoms with Gasteiger partial charge in [0.15, 0.2) is 5.43 Å². The van der Waals surface area contributed by atoms with Crippen LogP contribution in [-0.4, -0.2) is 17.4 Å². The largest absolute Gasteiger partial charge is 0.367 e. The van der Waals surface area contributed by atoms with Gasteiger partial charge < -0.3 is 10.3 Å². The molecule has 0 aromatic carbocycles. The van der Waals surface area contributed by atoms with Crippen LogP contribution in [0, 0.1) is 5.92 Å². The van der Waals surface area contributed by atoms with Crippen LogP contribution in [-0.2, 0) is 0 Å². The molecule has 0 saturated carbocycles. The third-order valence-corrected chi connectivity index (χ3v) is 2.77. The Kier molecular flexibility index (Phi) is 4.76. The summed E-state index contributed by atoms with van der Waals surface area (Å²) in [6.07, 6.45) is 5.01. The van der Waals surface area contributed by atoms with Gasteiger partial charge in [0.25, 0.3) is 5.91 Å². The van der Waals surface area contributed by atoms with Crippen molar-refractivity contribution in [1.29, 1.82) is 0 Å². The zero-order chi connectivity index (χ0) is 12.0. The molecule has 0 fully saturated rings. The first kappa shape index (κ1) is 12.5. The van der Waals surface area contributed by atoms with Crippen molar-refractivity contribution in [3.05, 3.63) is 34.2 Å². The lowest BCUT2D eigenvalue weighted by Crippen LogP contribution is -2.32. The molecule has 1 aromatic rings. The van der Waals surface area contributed by atoms with Crippen LogP contribution in [0.2, 0.25) is 0 Å². The molecule has 1 rings (SSSR count). The van der Waals surface area contributed by atoms with Crippen molar-refractivity contribution >= 4 is 5.91 Å². The highest BCUT2D eigenvalue weighted by Crippen LogP contribution is 2.05. The van der Waals surface area contributed by atoms with Crippen LogP contribution in [0.15, 0.2) is 23.3 Å². The van der Waals surface area contributed by atoms with Crippen LogP contribution in [0.3, 0.4) is 0 Å². The first-order valence-corrected chi connectivity index (χ1v) is 5.64. The van der Waals surface area contributed by atoms with Crippen molar-refractivity contribution in [2.45, 2.75) is 26.7 Å². The first-order chi connectivity index (χ1) is 7.69. The summed E-state index contributed by atoms with van der Waals surface area (Å²) in [4.78, 5) is 25.8. The molecule has 2 N–H and O–H groups in total. The minimum absolute atomic E-state index is 0.174. The molecule has 0 aliphatic heterocycles. The third-order valence-electron chi connectivity index (χ3n) is 2.77. The fourth-order valence-corrected chi connectivity index (χ4v) is 1.50. The van der Waals surface area contributed by atoms with Crippen LogP contribution in [0.4, 0.5) is 0 Å². The number of carbonyl (C=O) groups excluding carboxylic acids is 1. The number of amides is 1. The van der Waals surface area contributed by atoms with Gasteiger partial charge in [0.05, 0.1) is 0 Å². The van der Waals surface area contributed by atoms with Crippen LogP contribution in [0.1, 0.15) is 37.0 Å². The maximum absolute atomic E-state index is 11.7. The maximum atomic E-state index is 11.7. The number of aromatic nitrogens is 1. The van der Waals surface area contributed by atoms with E-state index in [-0.39, 0.29) is 16.9 Å². The van der Waals surface area contributed by atoms with Gasteiger partial charge >= 0.3 is 0 Å². The van der Waals surface area contributed by atoms with E-state index in [2.05, 4.69) is 24.1 Å². The number of rotatable bonds is 5. The number of pyridine rings is 1. The van der Waals surface area contributed by atoms with Crippen molar-refractivity contribution in [2.75, 3.05) is 6.54 Å². The molecule has 0 atom stereocenters. The second kappa shape index (κ2) is 6.10. The predicted octanol–water partition coefficient (Wildman–Crippen LogP) is 1.54. The molecule has 1 heterocycles. The molecular weight excluding hydrogens is 204 g/mol. The maximum Gasteiger partial charge on any atom is 0.256 e. The van der Waals surface area contributed by atoms with Crippen molar-refractivity contribution < 1.29 is 4.79 Å². The average Bonchev–Trinajstić information content (AvgIpc) is 2.30. The van der Waals surface area contributed by atoms with Gasteiger partial charge in [-0.2, -0.15) is 0 Å². The predicted molar refractivity (Wildman–Crippen MR) is 63.5 cm³/mol. The van der Waals surface area contributed by atoms with Gasteiger partial charge in [0.2, 0.25) is 0 Å². The second-order valence-electron chi connectivity index (χ2n) is 3.81. The molecule has 1 amide bonds. The number of H-pyrrole nitrogens is 1. The second-order valence-corrected chi connectivity index (χ2v) is 3.81. The van der Waals surface area contributed by atoms with E-state index < -0.39 is 0 Å². The molecular formula is C12H18N2O2. The Labute approximate surface area is 95.1 Å². The lowest BCUT2D eigenvalue weighted by Gasteiger charge is -2.12. The van der Waals surface area contributed by atoms with E-state index in [0.717, 1.165) is 12.8 Å². The first-order valence-electron chi connectivity index (χ1n) is 5.64. The van der Waals surface area contributed by atoms with Crippen molar-refractivity contribution in [3.8, 4) is 0 Å². The summed E-state index contributed by atoms with van der Waals surface area (Å²) in [6.45, 7) is 4.81. The Morgan fingerprint density at radius 1 is 1.44 bits per heavy atom. The summed E-state index contributed by atoms with van der Waals surface area (Å²) in [7, 11) is 0. The fraction of sp³-hybridized carbons (Fsp3) is 0.500. The molecule has 0 aliphatic rings. The highest BCUT2D eigenvalue weighted by molar-refractivity contribution is 5.93. The molecule has 0 aliphatic carbocycles. The molecule has 4 heteroatoms. The SMILES string of the molecule is CCC(CC)CNC(=O)c1c[nH]ccc1=O. The molecule has 0 bridgehead atoms. The van der Waals surface area contributed by atoms with Crippen molar-refractivity contribution in [2.24, 2.45) is 5.92 Å². The Morgan fingerprint density at radius 2 is 2.12 bits per heavy atom. The Morgan fingerprint density at radius 3 is 2.69 bits per heavy atom. The van der Waals surface area contributed by atoms with Gasteiger partial charge in [0, 0.05) is 25.0 Å². The lowest BCUT2D eigenvalue weighted by atomic mass is 10.0. The van der Waals surface area contributed by atoms with E-state index >= 15 is 0 Å². The lowest BCUT2D eigenvalue weighted by molar-refractivity contribution is 0.0945. The smallest absolute Gasteiger partial charge is 0.256 e. The van der Waals surface area contributed by atoms with Gasteiger partial charge in [-0.05, 0) is 5.92 Å². The molecule has 0 saturated heterocycles. The number of carbonyl (C=O) groups is 1. The molecule has 0 spiro atoms. The molecule has 0 unspecified atom stereocenters. The monoisotopic (exact) mass is 222 g/mol. The van der Waals surface area contributed by atoms with Crippen LogP contribution in [0.25, 0.3) is 0 Å². The summed E-state index contributed by atoms with van der Waals surface area (Å²) in [5.41, 5.74) is -0.0748. The van der Waals surface area contributed by atoms with Crippen LogP contribution < -0.4 is 10.7 Å². The molecule has 1 aromatic heterocycles. The Bertz CT molecular complexity index is 394. The normalized spacial score (nSPS) is 10.4. The molecule has 88 valence electrons. The van der Waals surface area contributed by atoms with Gasteiger partial charge in [-0.3, -0.25) is 9.59 Å². The summed E-state index contributed by atoms with van der Waals surface area (Å²) >= 11 is 0. The topological polar surface area (TPSA) is 62.0 Å². The molecule has 4 nitrogen and oxygen atoms in total. The van der Waals surface area contributed by atoms with Gasteiger partial charge in [-0.15, -0.1) is 0 Å². The number of nitrogens with one attached hydrogen (secondary N) is 2. The Hall–Kier alpha value is -1.58. The summed E-state index contributed by atoms with van der Waals surface area (Å²) in [5.74, 6) is 0.181. The number of aromatic amines is 1. The minimum Gasteiger partial charge on any atom is -0.367 e. The molecule has 0 radical (unpaired) electrons. The number of hydrogen-bond donors (Lipinski definition) is 2. The van der Waals surface area contributed by atoms with E-state index in [4.69, 9.17) is 0 Å². The molecule has 16 heavy (non-hydrogen) atoms. The highest BCUT2D eigenvalue weighted by atomic mass is 16.2. The fourth-order valence-electron chi connectivity index (χ4n) is 1.50. The standard InChI is InChI=1S/C12H18N2O2/c1-3-9(4-2)7-14-12(16)10-8-13-6-5-11(10)15/h5-6,8-9H,3-4,7H2,1-2H3,(H,13,15)(H,14,16). The van der Waals surface area contributed by atoms with E-state index in [1.807, 2.05) is 0 Å². The zero-order valence-electron chi connectivity index (χ0n) is 9.75. The van der Waals surface area contributed by atoms with E-state index in [0.29, 0.717) is 12.5 Å². The van der Waals surface area contributed by atoms with Crippen LogP contribution >= 0.6 is 0 Å². The quantitative estimate of drug-likeness (QED) is 0.793. The van der Waals surface area contributed by atoms with E-state index in [9.17, 15) is 9.59 Å². The number of hydrogen-bond acceptors (Lipinski definition) is 2. The highest BCUT2D eigenvalue weighted by Gasteiger charge is 2.10. The van der Waals surface area contributed by atoms with Crippen LogP contribution in [0.5, 0.6) is 0 Å². The summed E-state index contributed by atoms with van der Waals surface area (Å²) < 4.78 is 0. The summed E-state index contributed by atoms with van der Waals surface area (Å²) in [5, 5.41) is 2.78. The van der Waals surface area contributed by atoms with Crippen molar-refractivity contribution in [1.82, 2.24) is 10.3 Å². The van der Waals surface area contributed by atoms with Gasteiger partial charge in [0.1, 0.15) is 5.56 Å². The summed E-state index contributed by atoms with van der Waals surface area (Å²) in [6, 6.07) is 1.35. The van der Waals surface area contributed by atoms with Crippen molar-refractivity contribution in [3.63, 3.8) is 0 Å². The van der Waals surface area contributed by atoms with E-state index in [1.165, 1.54) is 18.5 Å². The average molecular weight is 222 g/mol. The third kappa shape index (κ3) is 3.22. The minimum atomic E-state index is -0.297. The van der Waals surface area contributed by atoms with Gasteiger partial charge in [-0.1, -0.05) is 26.7 Å². The van der Waals surface area contributed by atoms with E-state index in [1.54, 1.807) is 0 Å².